The Labute approximate surface area is 158 Å². The van der Waals surface area contributed by atoms with E-state index in [1.165, 1.54) is 0 Å². The molecule has 1 aliphatic rings. The van der Waals surface area contributed by atoms with Crippen LogP contribution in [0.1, 0.15) is 12.8 Å². The van der Waals surface area contributed by atoms with E-state index in [1.54, 1.807) is 59.5 Å². The second kappa shape index (κ2) is 8.10. The number of halogens is 1. The van der Waals surface area contributed by atoms with Crippen LogP contribution in [0, 0.1) is 0 Å². The molecule has 0 spiro atoms. The highest BCUT2D eigenvalue weighted by atomic mass is 35.5. The maximum absolute atomic E-state index is 12.6. The van der Waals surface area contributed by atoms with E-state index in [9.17, 15) is 13.2 Å². The molecule has 5 nitrogen and oxygen atoms in total. The zero-order valence-corrected chi connectivity index (χ0v) is 15.7. The van der Waals surface area contributed by atoms with Gasteiger partial charge in [-0.05, 0) is 49.2 Å². The van der Waals surface area contributed by atoms with Crippen molar-refractivity contribution in [3.8, 4) is 5.75 Å². The average Bonchev–Trinajstić information content (AvgIpc) is 3.09. The van der Waals surface area contributed by atoms with Crippen LogP contribution in [-0.2, 0) is 14.6 Å². The molecule has 0 bridgehead atoms. The number of hydrogen-bond donors (Lipinski definition) is 0. The van der Waals surface area contributed by atoms with Gasteiger partial charge >= 0.3 is 0 Å². The molecule has 1 heterocycles. The predicted molar refractivity (Wildman–Crippen MR) is 100 cm³/mol. The summed E-state index contributed by atoms with van der Waals surface area (Å²) in [5.41, 5.74) is 0. The summed E-state index contributed by atoms with van der Waals surface area (Å²) in [5, 5.41) is 0.592. The number of benzene rings is 2. The minimum absolute atomic E-state index is 0.0658. The van der Waals surface area contributed by atoms with Gasteiger partial charge in [-0.15, -0.1) is 0 Å². The molecule has 26 heavy (non-hydrogen) atoms. The normalized spacial score (nSPS) is 17.3. The summed E-state index contributed by atoms with van der Waals surface area (Å²) in [6.45, 7) is 0.432. The lowest BCUT2D eigenvalue weighted by atomic mass is 10.2. The van der Waals surface area contributed by atoms with Crippen LogP contribution in [-0.4, -0.2) is 44.2 Å². The molecule has 0 aliphatic carbocycles. The van der Waals surface area contributed by atoms with Crippen LogP contribution >= 0.6 is 11.6 Å². The second-order valence-corrected chi connectivity index (χ2v) is 8.69. The Hall–Kier alpha value is -2.05. The van der Waals surface area contributed by atoms with Crippen molar-refractivity contribution in [3.05, 3.63) is 59.6 Å². The van der Waals surface area contributed by atoms with Crippen molar-refractivity contribution in [3.63, 3.8) is 0 Å². The molecule has 2 aromatic carbocycles. The van der Waals surface area contributed by atoms with Crippen molar-refractivity contribution in [1.29, 1.82) is 0 Å². The van der Waals surface area contributed by atoms with Gasteiger partial charge in [-0.25, -0.2) is 8.42 Å². The smallest absolute Gasteiger partial charge is 0.260 e. The van der Waals surface area contributed by atoms with Gasteiger partial charge in [0.25, 0.3) is 5.91 Å². The Morgan fingerprint density at radius 1 is 1.12 bits per heavy atom. The van der Waals surface area contributed by atoms with Crippen LogP contribution in [0.2, 0.25) is 5.02 Å². The van der Waals surface area contributed by atoms with E-state index in [-0.39, 0.29) is 29.2 Å². The number of carbonyl (C=O) groups is 1. The first-order valence-corrected chi connectivity index (χ1v) is 10.4. The van der Waals surface area contributed by atoms with Crippen LogP contribution in [0.25, 0.3) is 0 Å². The number of ether oxygens (including phenoxy) is 1. The van der Waals surface area contributed by atoms with Gasteiger partial charge in [-0.1, -0.05) is 29.8 Å². The fourth-order valence-electron chi connectivity index (χ4n) is 3.07. The summed E-state index contributed by atoms with van der Waals surface area (Å²) in [5.74, 6) is 0.282. The minimum Gasteiger partial charge on any atom is -0.484 e. The predicted octanol–water partition coefficient (Wildman–Crippen LogP) is 3.18. The number of rotatable bonds is 6. The number of hydrogen-bond acceptors (Lipinski definition) is 4. The van der Waals surface area contributed by atoms with Crippen LogP contribution in [0.15, 0.2) is 59.5 Å². The molecule has 138 valence electrons. The van der Waals surface area contributed by atoms with E-state index < -0.39 is 9.84 Å². The molecule has 0 radical (unpaired) electrons. The molecule has 1 fully saturated rings. The van der Waals surface area contributed by atoms with Crippen LogP contribution < -0.4 is 4.74 Å². The third-order valence-corrected chi connectivity index (χ3v) is 6.45. The second-order valence-electron chi connectivity index (χ2n) is 6.22. The van der Waals surface area contributed by atoms with Crippen molar-refractivity contribution < 1.29 is 17.9 Å². The Morgan fingerprint density at radius 3 is 2.50 bits per heavy atom. The van der Waals surface area contributed by atoms with Crippen molar-refractivity contribution in [1.82, 2.24) is 4.90 Å². The van der Waals surface area contributed by atoms with Gasteiger partial charge in [0.15, 0.2) is 16.4 Å². The fraction of sp³-hybridized carbons (Fsp3) is 0.316. The van der Waals surface area contributed by atoms with Crippen LogP contribution in [0.5, 0.6) is 5.75 Å². The SMILES string of the molecule is O=C(COc1ccc(Cl)cc1)N1CCC[C@H]1CS(=O)(=O)c1ccccc1. The molecule has 0 aromatic heterocycles. The van der Waals surface area contributed by atoms with Crippen LogP contribution in [0.4, 0.5) is 0 Å². The summed E-state index contributed by atoms with van der Waals surface area (Å²) < 4.78 is 30.7. The van der Waals surface area contributed by atoms with Gasteiger partial charge in [-0.2, -0.15) is 0 Å². The Bertz CT molecular complexity index is 853. The molecule has 0 unspecified atom stereocenters. The molecule has 3 rings (SSSR count). The maximum Gasteiger partial charge on any atom is 0.260 e. The topological polar surface area (TPSA) is 63.7 Å². The van der Waals surface area contributed by atoms with Gasteiger partial charge in [0.1, 0.15) is 5.75 Å². The molecular weight excluding hydrogens is 374 g/mol. The van der Waals surface area contributed by atoms with E-state index in [2.05, 4.69) is 0 Å². The molecule has 7 heteroatoms. The lowest BCUT2D eigenvalue weighted by Gasteiger charge is -2.24. The van der Waals surface area contributed by atoms with Crippen molar-refractivity contribution >= 4 is 27.3 Å². The van der Waals surface area contributed by atoms with Gasteiger partial charge < -0.3 is 9.64 Å². The van der Waals surface area contributed by atoms with Crippen LogP contribution in [0.3, 0.4) is 0 Å². The molecule has 1 atom stereocenters. The third kappa shape index (κ3) is 4.56. The zero-order chi connectivity index (χ0) is 18.6. The van der Waals surface area contributed by atoms with E-state index in [4.69, 9.17) is 16.3 Å². The number of carbonyl (C=O) groups excluding carboxylic acids is 1. The third-order valence-electron chi connectivity index (χ3n) is 4.39. The van der Waals surface area contributed by atoms with Gasteiger partial charge in [0.05, 0.1) is 10.6 Å². The maximum atomic E-state index is 12.6. The molecule has 0 N–H and O–H groups in total. The lowest BCUT2D eigenvalue weighted by Crippen LogP contribution is -2.42. The number of amides is 1. The molecule has 0 saturated carbocycles. The fourth-order valence-corrected chi connectivity index (χ4v) is 4.82. The summed E-state index contributed by atoms with van der Waals surface area (Å²) in [6, 6.07) is 14.8. The molecule has 1 amide bonds. The number of nitrogens with zero attached hydrogens (tertiary/aromatic N) is 1. The average molecular weight is 394 g/mol. The van der Waals surface area contributed by atoms with Crippen molar-refractivity contribution in [2.45, 2.75) is 23.8 Å². The lowest BCUT2D eigenvalue weighted by molar-refractivity contribution is -0.133. The molecular formula is C19H20ClNO4S. The Morgan fingerprint density at radius 2 is 1.81 bits per heavy atom. The number of likely N-dealkylation sites (tertiary alicyclic amines) is 1. The highest BCUT2D eigenvalue weighted by Gasteiger charge is 2.33. The summed E-state index contributed by atoms with van der Waals surface area (Å²) in [7, 11) is -3.43. The summed E-state index contributed by atoms with van der Waals surface area (Å²) >= 11 is 5.82. The van der Waals surface area contributed by atoms with E-state index in [1.807, 2.05) is 0 Å². The quantitative estimate of drug-likeness (QED) is 0.756. The highest BCUT2D eigenvalue weighted by molar-refractivity contribution is 7.91. The van der Waals surface area contributed by atoms with Gasteiger partial charge in [0.2, 0.25) is 0 Å². The molecule has 1 saturated heterocycles. The number of sulfone groups is 1. The molecule has 1 aliphatic heterocycles. The van der Waals surface area contributed by atoms with Gasteiger partial charge in [-0.3, -0.25) is 4.79 Å². The Kier molecular flexibility index (Phi) is 5.84. The summed E-state index contributed by atoms with van der Waals surface area (Å²) in [4.78, 5) is 14.4. The van der Waals surface area contributed by atoms with E-state index >= 15 is 0 Å². The minimum atomic E-state index is -3.43. The zero-order valence-electron chi connectivity index (χ0n) is 14.2. The van der Waals surface area contributed by atoms with Crippen molar-refractivity contribution in [2.24, 2.45) is 0 Å². The standard InChI is InChI=1S/C19H20ClNO4S/c20-15-8-10-17(11-9-15)25-13-19(22)21-12-4-5-16(21)14-26(23,24)18-6-2-1-3-7-18/h1-3,6-11,16H,4-5,12-14H2/t16-/m0/s1. The Balaban J connectivity index is 1.62. The molecule has 2 aromatic rings. The first-order valence-electron chi connectivity index (χ1n) is 8.41. The monoisotopic (exact) mass is 393 g/mol. The van der Waals surface area contributed by atoms with E-state index in [0.717, 1.165) is 6.42 Å². The van der Waals surface area contributed by atoms with Gasteiger partial charge in [0, 0.05) is 17.6 Å². The largest absolute Gasteiger partial charge is 0.484 e. The van der Waals surface area contributed by atoms with Crippen molar-refractivity contribution in [2.75, 3.05) is 18.9 Å². The van der Waals surface area contributed by atoms with E-state index in [0.29, 0.717) is 23.7 Å². The first kappa shape index (κ1) is 18.7. The first-order chi connectivity index (χ1) is 12.5. The highest BCUT2D eigenvalue weighted by Crippen LogP contribution is 2.23. The summed E-state index contributed by atoms with van der Waals surface area (Å²) in [6.07, 6.45) is 1.47.